The SMILES string of the molecule is N#Cc1c(C(F)F)cnc(Cl)c1C=O. The minimum Gasteiger partial charge on any atom is -0.298 e. The molecule has 0 aliphatic carbocycles. The largest absolute Gasteiger partial charge is 0.298 e. The highest BCUT2D eigenvalue weighted by Crippen LogP contribution is 2.26. The molecular weight excluding hydrogens is 214 g/mol. The lowest BCUT2D eigenvalue weighted by atomic mass is 10.1. The Labute approximate surface area is 82.9 Å². The van der Waals surface area contributed by atoms with Gasteiger partial charge in [0.05, 0.1) is 16.7 Å². The first-order valence-electron chi connectivity index (χ1n) is 3.43. The summed E-state index contributed by atoms with van der Waals surface area (Å²) in [7, 11) is 0. The molecule has 1 rings (SSSR count). The number of hydrogen-bond acceptors (Lipinski definition) is 3. The van der Waals surface area contributed by atoms with Gasteiger partial charge >= 0.3 is 0 Å². The van der Waals surface area contributed by atoms with E-state index in [1.54, 1.807) is 0 Å². The van der Waals surface area contributed by atoms with E-state index in [0.29, 0.717) is 0 Å². The second kappa shape index (κ2) is 4.11. The van der Waals surface area contributed by atoms with Gasteiger partial charge in [0.1, 0.15) is 11.2 Å². The molecule has 1 heterocycles. The van der Waals surface area contributed by atoms with Gasteiger partial charge in [0.15, 0.2) is 6.29 Å². The second-order valence-electron chi connectivity index (χ2n) is 2.32. The molecule has 0 bridgehead atoms. The van der Waals surface area contributed by atoms with Crippen LogP contribution in [0.5, 0.6) is 0 Å². The van der Waals surface area contributed by atoms with Gasteiger partial charge in [-0.3, -0.25) is 4.79 Å². The van der Waals surface area contributed by atoms with Crippen LogP contribution in [0.4, 0.5) is 8.78 Å². The number of pyridine rings is 1. The predicted molar refractivity (Wildman–Crippen MR) is 44.3 cm³/mol. The van der Waals surface area contributed by atoms with E-state index in [1.165, 1.54) is 6.07 Å². The van der Waals surface area contributed by atoms with Crippen LogP contribution in [0.25, 0.3) is 0 Å². The number of carbonyl (C=O) groups is 1. The van der Waals surface area contributed by atoms with Crippen molar-refractivity contribution >= 4 is 17.9 Å². The Balaban J connectivity index is 3.50. The Kier molecular flexibility index (Phi) is 3.10. The van der Waals surface area contributed by atoms with E-state index in [-0.39, 0.29) is 17.0 Å². The lowest BCUT2D eigenvalue weighted by Crippen LogP contribution is -1.99. The first-order chi connectivity index (χ1) is 6.61. The minimum absolute atomic E-state index is 0.236. The van der Waals surface area contributed by atoms with Gasteiger partial charge in [0.2, 0.25) is 0 Å². The van der Waals surface area contributed by atoms with Crippen LogP contribution in [0.3, 0.4) is 0 Å². The van der Waals surface area contributed by atoms with Crippen LogP contribution in [0.1, 0.15) is 27.9 Å². The number of hydrogen-bond donors (Lipinski definition) is 0. The Morgan fingerprint density at radius 3 is 2.71 bits per heavy atom. The molecule has 0 fully saturated rings. The highest BCUT2D eigenvalue weighted by Gasteiger charge is 2.19. The number of aldehydes is 1. The third-order valence-corrected chi connectivity index (χ3v) is 1.86. The van der Waals surface area contributed by atoms with E-state index in [1.807, 2.05) is 0 Å². The third-order valence-electron chi connectivity index (χ3n) is 1.56. The zero-order chi connectivity index (χ0) is 10.7. The van der Waals surface area contributed by atoms with Gasteiger partial charge in [-0.05, 0) is 0 Å². The summed E-state index contributed by atoms with van der Waals surface area (Å²) in [5.41, 5.74) is -1.30. The molecule has 0 saturated carbocycles. The fourth-order valence-corrected chi connectivity index (χ4v) is 1.10. The Hall–Kier alpha value is -1.54. The van der Waals surface area contributed by atoms with Crippen molar-refractivity contribution in [2.24, 2.45) is 0 Å². The molecule has 3 nitrogen and oxygen atoms in total. The van der Waals surface area contributed by atoms with Crippen molar-refractivity contribution in [2.45, 2.75) is 6.43 Å². The molecule has 0 N–H and O–H groups in total. The maximum atomic E-state index is 12.3. The monoisotopic (exact) mass is 216 g/mol. The van der Waals surface area contributed by atoms with E-state index in [4.69, 9.17) is 16.9 Å². The Bertz CT molecular complexity index is 415. The van der Waals surface area contributed by atoms with Crippen molar-refractivity contribution < 1.29 is 13.6 Å². The standard InChI is InChI=1S/C8H3ClF2N2O/c9-7-6(3-14)4(1-12)5(2-13-7)8(10)11/h2-3,8H. The molecule has 0 atom stereocenters. The van der Waals surface area contributed by atoms with Crippen LogP contribution in [0.15, 0.2) is 6.20 Å². The van der Waals surface area contributed by atoms with Crippen molar-refractivity contribution in [1.82, 2.24) is 4.98 Å². The molecule has 0 aliphatic heterocycles. The molecule has 1 aromatic rings. The van der Waals surface area contributed by atoms with E-state index in [2.05, 4.69) is 4.98 Å². The summed E-state index contributed by atoms with van der Waals surface area (Å²) in [6.45, 7) is 0. The molecule has 72 valence electrons. The fraction of sp³-hybridized carbons (Fsp3) is 0.125. The van der Waals surface area contributed by atoms with Gasteiger partial charge < -0.3 is 0 Å². The smallest absolute Gasteiger partial charge is 0.266 e. The molecule has 0 amide bonds. The van der Waals surface area contributed by atoms with Crippen LogP contribution >= 0.6 is 11.6 Å². The van der Waals surface area contributed by atoms with Crippen molar-refractivity contribution in [2.75, 3.05) is 0 Å². The quantitative estimate of drug-likeness (QED) is 0.563. The van der Waals surface area contributed by atoms with Gasteiger partial charge in [-0.25, -0.2) is 13.8 Å². The molecule has 0 aromatic carbocycles. The van der Waals surface area contributed by atoms with Crippen molar-refractivity contribution in [1.29, 1.82) is 5.26 Å². The summed E-state index contributed by atoms with van der Waals surface area (Å²) in [4.78, 5) is 13.8. The number of alkyl halides is 2. The van der Waals surface area contributed by atoms with Crippen LogP contribution in [0, 0.1) is 11.3 Å². The summed E-state index contributed by atoms with van der Waals surface area (Å²) >= 11 is 5.45. The zero-order valence-electron chi connectivity index (χ0n) is 6.67. The van der Waals surface area contributed by atoms with E-state index in [9.17, 15) is 13.6 Å². The van der Waals surface area contributed by atoms with Crippen LogP contribution in [-0.2, 0) is 0 Å². The first kappa shape index (κ1) is 10.5. The van der Waals surface area contributed by atoms with E-state index >= 15 is 0 Å². The van der Waals surface area contributed by atoms with Crippen LogP contribution in [-0.4, -0.2) is 11.3 Å². The van der Waals surface area contributed by atoms with Gasteiger partial charge in [0, 0.05) is 6.20 Å². The number of nitrogens with zero attached hydrogens (tertiary/aromatic N) is 2. The first-order valence-corrected chi connectivity index (χ1v) is 3.81. The number of halogens is 3. The normalized spacial score (nSPS) is 9.93. The van der Waals surface area contributed by atoms with Crippen LogP contribution < -0.4 is 0 Å². The number of nitriles is 1. The maximum absolute atomic E-state index is 12.3. The van der Waals surface area contributed by atoms with Gasteiger partial charge in [-0.2, -0.15) is 5.26 Å². The Morgan fingerprint density at radius 1 is 1.64 bits per heavy atom. The molecule has 6 heteroatoms. The number of carbonyl (C=O) groups excluding carboxylic acids is 1. The zero-order valence-corrected chi connectivity index (χ0v) is 7.42. The molecule has 0 unspecified atom stereocenters. The van der Waals surface area contributed by atoms with Crippen molar-refractivity contribution in [3.8, 4) is 6.07 Å². The lowest BCUT2D eigenvalue weighted by molar-refractivity contribution is 0.112. The average Bonchev–Trinajstić information content (AvgIpc) is 2.16. The third kappa shape index (κ3) is 1.70. The minimum atomic E-state index is -2.85. The average molecular weight is 217 g/mol. The molecule has 0 radical (unpaired) electrons. The fourth-order valence-electron chi connectivity index (χ4n) is 0.917. The number of aromatic nitrogens is 1. The molecule has 0 aliphatic rings. The second-order valence-corrected chi connectivity index (χ2v) is 2.68. The highest BCUT2D eigenvalue weighted by molar-refractivity contribution is 6.32. The predicted octanol–water partition coefficient (Wildman–Crippen LogP) is 2.36. The lowest BCUT2D eigenvalue weighted by Gasteiger charge is -2.04. The van der Waals surface area contributed by atoms with Gasteiger partial charge in [-0.15, -0.1) is 0 Å². The van der Waals surface area contributed by atoms with Crippen LogP contribution in [0.2, 0.25) is 5.15 Å². The summed E-state index contributed by atoms with van der Waals surface area (Å²) in [6.07, 6.45) is -1.83. The van der Waals surface area contributed by atoms with Crippen molar-refractivity contribution in [3.05, 3.63) is 28.0 Å². The maximum Gasteiger partial charge on any atom is 0.266 e. The molecular formula is C8H3ClF2N2O. The highest BCUT2D eigenvalue weighted by atomic mass is 35.5. The van der Waals surface area contributed by atoms with Gasteiger partial charge in [-0.1, -0.05) is 11.6 Å². The molecule has 14 heavy (non-hydrogen) atoms. The summed E-state index contributed by atoms with van der Waals surface area (Å²) < 4.78 is 24.6. The Morgan fingerprint density at radius 2 is 2.29 bits per heavy atom. The van der Waals surface area contributed by atoms with Crippen molar-refractivity contribution in [3.63, 3.8) is 0 Å². The van der Waals surface area contributed by atoms with E-state index < -0.39 is 17.6 Å². The summed E-state index contributed by atoms with van der Waals surface area (Å²) in [6, 6.07) is 1.50. The summed E-state index contributed by atoms with van der Waals surface area (Å²) in [5, 5.41) is 8.33. The topological polar surface area (TPSA) is 53.8 Å². The molecule has 1 aromatic heterocycles. The van der Waals surface area contributed by atoms with E-state index in [0.717, 1.165) is 6.20 Å². The van der Waals surface area contributed by atoms with Gasteiger partial charge in [0.25, 0.3) is 6.43 Å². The number of rotatable bonds is 2. The summed E-state index contributed by atoms with van der Waals surface area (Å²) in [5.74, 6) is 0. The molecule has 0 saturated heterocycles. The molecule has 0 spiro atoms.